The van der Waals surface area contributed by atoms with E-state index in [4.69, 9.17) is 16.0 Å². The third-order valence-electron chi connectivity index (χ3n) is 4.15. The van der Waals surface area contributed by atoms with E-state index < -0.39 is 0 Å². The fraction of sp³-hybridized carbons (Fsp3) is 0.0952. The number of nitrogens with zero attached hydrogens (tertiary/aromatic N) is 3. The number of aromatic nitrogens is 2. The summed E-state index contributed by atoms with van der Waals surface area (Å²) in [5.41, 5.74) is 1.37. The highest BCUT2D eigenvalue weighted by Gasteiger charge is 2.19. The molecule has 0 saturated carbocycles. The molecule has 4 rings (SSSR count). The molecule has 0 aliphatic heterocycles. The van der Waals surface area contributed by atoms with Gasteiger partial charge in [0.25, 0.3) is 5.22 Å². The van der Waals surface area contributed by atoms with Crippen LogP contribution in [0.2, 0.25) is 5.02 Å². The SMILES string of the molecule is O=C(CSc1nnc(-c2ccc(Cl)cc2)o1)N(Cc1cccs1)c1ccc(F)cc1. The molecule has 2 heterocycles. The van der Waals surface area contributed by atoms with Gasteiger partial charge < -0.3 is 9.32 Å². The van der Waals surface area contributed by atoms with Crippen LogP contribution in [0.3, 0.4) is 0 Å². The molecular formula is C21H15ClFN3O2S2. The minimum atomic E-state index is -0.350. The van der Waals surface area contributed by atoms with Crippen LogP contribution < -0.4 is 4.90 Å². The Kier molecular flexibility index (Phi) is 6.47. The summed E-state index contributed by atoms with van der Waals surface area (Å²) in [6.07, 6.45) is 0. The number of rotatable bonds is 7. The third kappa shape index (κ3) is 5.08. The van der Waals surface area contributed by atoms with E-state index in [0.29, 0.717) is 28.4 Å². The first kappa shape index (κ1) is 20.6. The van der Waals surface area contributed by atoms with E-state index in [9.17, 15) is 9.18 Å². The molecule has 0 spiro atoms. The van der Waals surface area contributed by atoms with Crippen LogP contribution >= 0.6 is 34.7 Å². The molecule has 9 heteroatoms. The predicted octanol–water partition coefficient (Wildman–Crippen LogP) is 5.92. The van der Waals surface area contributed by atoms with Gasteiger partial charge in [0.2, 0.25) is 11.8 Å². The molecule has 1 amide bonds. The summed E-state index contributed by atoms with van der Waals surface area (Å²) >= 11 is 8.61. The average Bonchev–Trinajstić information content (AvgIpc) is 3.44. The smallest absolute Gasteiger partial charge is 0.277 e. The van der Waals surface area contributed by atoms with Crippen molar-refractivity contribution in [3.05, 3.63) is 81.8 Å². The van der Waals surface area contributed by atoms with Gasteiger partial charge in [-0.1, -0.05) is 29.4 Å². The largest absolute Gasteiger partial charge is 0.411 e. The minimum absolute atomic E-state index is 0.102. The number of halogens is 2. The summed E-state index contributed by atoms with van der Waals surface area (Å²) in [6.45, 7) is 0.405. The molecule has 4 aromatic rings. The highest BCUT2D eigenvalue weighted by Crippen LogP contribution is 2.26. The molecule has 2 aromatic heterocycles. The van der Waals surface area contributed by atoms with Gasteiger partial charge in [-0.05, 0) is 60.0 Å². The maximum atomic E-state index is 13.3. The number of carbonyl (C=O) groups is 1. The molecule has 0 radical (unpaired) electrons. The molecule has 5 nitrogen and oxygen atoms in total. The number of thiophene rings is 1. The lowest BCUT2D eigenvalue weighted by Gasteiger charge is -2.22. The van der Waals surface area contributed by atoms with Crippen molar-refractivity contribution in [3.63, 3.8) is 0 Å². The van der Waals surface area contributed by atoms with Crippen LogP contribution in [-0.2, 0) is 11.3 Å². The molecule has 0 unspecified atom stereocenters. The lowest BCUT2D eigenvalue weighted by atomic mass is 10.2. The zero-order chi connectivity index (χ0) is 20.9. The number of hydrogen-bond donors (Lipinski definition) is 0. The number of thioether (sulfide) groups is 1. The second-order valence-corrected chi connectivity index (χ2v) is 8.60. The molecule has 2 aromatic carbocycles. The Morgan fingerprint density at radius 1 is 1.10 bits per heavy atom. The first-order valence-electron chi connectivity index (χ1n) is 8.89. The maximum absolute atomic E-state index is 13.3. The lowest BCUT2D eigenvalue weighted by Crippen LogP contribution is -2.31. The van der Waals surface area contributed by atoms with E-state index in [1.807, 2.05) is 17.5 Å². The molecule has 0 aliphatic rings. The second-order valence-electron chi connectivity index (χ2n) is 6.20. The van der Waals surface area contributed by atoms with Gasteiger partial charge in [-0.3, -0.25) is 4.79 Å². The van der Waals surface area contributed by atoms with E-state index in [-0.39, 0.29) is 17.5 Å². The Morgan fingerprint density at radius 2 is 1.87 bits per heavy atom. The van der Waals surface area contributed by atoms with Crippen LogP contribution in [0.25, 0.3) is 11.5 Å². The van der Waals surface area contributed by atoms with Crippen molar-refractivity contribution in [2.24, 2.45) is 0 Å². The molecule has 0 fully saturated rings. The van der Waals surface area contributed by atoms with Crippen LogP contribution in [0.4, 0.5) is 10.1 Å². The first-order chi connectivity index (χ1) is 14.6. The second kappa shape index (κ2) is 9.42. The Hall–Kier alpha value is -2.68. The number of amides is 1. The Bertz CT molecular complexity index is 1120. The quantitative estimate of drug-likeness (QED) is 0.321. The van der Waals surface area contributed by atoms with Crippen molar-refractivity contribution in [2.45, 2.75) is 11.8 Å². The van der Waals surface area contributed by atoms with E-state index in [2.05, 4.69) is 10.2 Å². The summed E-state index contributed by atoms with van der Waals surface area (Å²) in [5, 5.41) is 10.9. The van der Waals surface area contributed by atoms with E-state index >= 15 is 0 Å². The summed E-state index contributed by atoms with van der Waals surface area (Å²) in [5.74, 6) is -0.0376. The van der Waals surface area contributed by atoms with Gasteiger partial charge in [-0.15, -0.1) is 21.5 Å². The van der Waals surface area contributed by atoms with Crippen LogP contribution in [0.15, 0.2) is 75.7 Å². The van der Waals surface area contributed by atoms with Gasteiger partial charge in [0, 0.05) is 21.2 Å². The maximum Gasteiger partial charge on any atom is 0.277 e. The number of hydrogen-bond acceptors (Lipinski definition) is 6. The molecule has 0 aliphatic carbocycles. The van der Waals surface area contributed by atoms with E-state index in [1.165, 1.54) is 12.1 Å². The van der Waals surface area contributed by atoms with Crippen molar-refractivity contribution in [1.82, 2.24) is 10.2 Å². The highest BCUT2D eigenvalue weighted by molar-refractivity contribution is 7.99. The molecule has 0 atom stereocenters. The monoisotopic (exact) mass is 459 g/mol. The van der Waals surface area contributed by atoms with E-state index in [1.54, 1.807) is 52.6 Å². The van der Waals surface area contributed by atoms with Crippen molar-refractivity contribution in [2.75, 3.05) is 10.7 Å². The van der Waals surface area contributed by atoms with Crippen molar-refractivity contribution in [1.29, 1.82) is 0 Å². The Labute approximate surface area is 185 Å². The first-order valence-corrected chi connectivity index (χ1v) is 11.1. The minimum Gasteiger partial charge on any atom is -0.411 e. The van der Waals surface area contributed by atoms with Gasteiger partial charge in [-0.25, -0.2) is 4.39 Å². The van der Waals surface area contributed by atoms with Crippen molar-refractivity contribution in [3.8, 4) is 11.5 Å². The lowest BCUT2D eigenvalue weighted by molar-refractivity contribution is -0.116. The van der Waals surface area contributed by atoms with Gasteiger partial charge >= 0.3 is 0 Å². The topological polar surface area (TPSA) is 59.2 Å². The summed E-state index contributed by atoms with van der Waals surface area (Å²) < 4.78 is 19.0. The number of carbonyl (C=O) groups excluding carboxylic acids is 1. The van der Waals surface area contributed by atoms with Gasteiger partial charge in [0.05, 0.1) is 12.3 Å². The van der Waals surface area contributed by atoms with Crippen molar-refractivity contribution < 1.29 is 13.6 Å². The molecule has 30 heavy (non-hydrogen) atoms. The normalized spacial score (nSPS) is 10.9. The molecule has 0 saturated heterocycles. The summed E-state index contributed by atoms with van der Waals surface area (Å²) in [7, 11) is 0. The van der Waals surface area contributed by atoms with Crippen LogP contribution in [0.1, 0.15) is 4.88 Å². The molecule has 0 N–H and O–H groups in total. The molecular weight excluding hydrogens is 445 g/mol. The summed E-state index contributed by atoms with van der Waals surface area (Å²) in [4.78, 5) is 15.6. The van der Waals surface area contributed by atoms with Gasteiger partial charge in [-0.2, -0.15) is 0 Å². The zero-order valence-corrected chi connectivity index (χ0v) is 17.9. The highest BCUT2D eigenvalue weighted by atomic mass is 35.5. The van der Waals surface area contributed by atoms with Crippen LogP contribution in [0, 0.1) is 5.82 Å². The number of anilines is 1. The third-order valence-corrected chi connectivity index (χ3v) is 6.07. The van der Waals surface area contributed by atoms with Crippen molar-refractivity contribution >= 4 is 46.3 Å². The summed E-state index contributed by atoms with van der Waals surface area (Å²) in [6, 6.07) is 16.8. The van der Waals surface area contributed by atoms with Crippen LogP contribution in [0.5, 0.6) is 0 Å². The molecule has 152 valence electrons. The fourth-order valence-corrected chi connectivity index (χ4v) is 4.14. The number of benzene rings is 2. The standard InChI is InChI=1S/C21H15ClFN3O2S2/c22-15-5-3-14(4-6-15)20-24-25-21(28-20)30-13-19(27)26(12-18-2-1-11-29-18)17-9-7-16(23)8-10-17/h1-11H,12-13H2. The van der Waals surface area contributed by atoms with Gasteiger partial charge in [0.15, 0.2) is 0 Å². The van der Waals surface area contributed by atoms with Crippen LogP contribution in [-0.4, -0.2) is 21.9 Å². The van der Waals surface area contributed by atoms with Gasteiger partial charge in [0.1, 0.15) is 5.82 Å². The molecule has 0 bridgehead atoms. The zero-order valence-electron chi connectivity index (χ0n) is 15.5. The van der Waals surface area contributed by atoms with E-state index in [0.717, 1.165) is 22.2 Å². The predicted molar refractivity (Wildman–Crippen MR) is 117 cm³/mol. The fourth-order valence-electron chi connectivity index (χ4n) is 2.68. The average molecular weight is 460 g/mol. The Morgan fingerprint density at radius 3 is 2.57 bits per heavy atom. The Balaban J connectivity index is 1.46.